The van der Waals surface area contributed by atoms with Crippen LogP contribution < -0.4 is 0 Å². The summed E-state index contributed by atoms with van der Waals surface area (Å²) in [6, 6.07) is 9.49. The van der Waals surface area contributed by atoms with Crippen molar-refractivity contribution in [2.75, 3.05) is 6.61 Å². The molecule has 0 aromatic heterocycles. The first-order chi connectivity index (χ1) is 25.1. The Morgan fingerprint density at radius 1 is 0.827 bits per heavy atom. The molecule has 2 aliphatic carbocycles. The van der Waals surface area contributed by atoms with Crippen molar-refractivity contribution < 1.29 is 28.8 Å². The molecule has 9 atom stereocenters. The Hall–Kier alpha value is -1.71. The number of nitrogens with zero attached hydrogens (tertiary/aromatic N) is 3. The third-order valence-corrected chi connectivity index (χ3v) is 11.7. The molecule has 1 aromatic carbocycles. The zero-order valence-electron chi connectivity index (χ0n) is 33.6. The minimum atomic E-state index is -0.781. The Morgan fingerprint density at radius 3 is 2.02 bits per heavy atom. The number of rotatable bonds is 23. The number of unbranched alkanes of at least 4 members (excludes halogenated alkanes) is 11. The van der Waals surface area contributed by atoms with E-state index >= 15 is 0 Å². The fraction of sp³-hybridized carbons (Fsp3) is 0.860. The number of benzene rings is 1. The molecule has 1 aliphatic heterocycles. The van der Waals surface area contributed by atoms with Crippen LogP contribution in [0.15, 0.2) is 35.4 Å². The number of aliphatic hydroxyl groups is 1. The summed E-state index contributed by atoms with van der Waals surface area (Å²) in [6.07, 6.45) is 18.4. The average Bonchev–Trinajstić information content (AvgIpc) is 3.49. The standard InChI is InChI=1S/C43H73N3O6/c1-7-8-9-10-11-12-13-14-15-16-17-22-27-36(47)39(50-42(4,5)6)35(45-46-44)31-49-37-32(2)33(3)38-41(52-43(51-38)28-23-19-24-29-43)40(37)48-30-34-25-20-18-21-26-34/h18,20-21,25-26,32-33,35-41,47H,7-17,19,22-24,27-31H2,1-6H3/t32?,33-,35+,36-,37-,38-,39+,40?,41?/m1/s1. The number of aliphatic hydroxyl groups excluding tert-OH is 1. The molecule has 0 amide bonds. The second kappa shape index (κ2) is 22.0. The van der Waals surface area contributed by atoms with Crippen LogP contribution in [0.2, 0.25) is 0 Å². The molecule has 3 fully saturated rings. The van der Waals surface area contributed by atoms with Gasteiger partial charge in [0.2, 0.25) is 0 Å². The summed E-state index contributed by atoms with van der Waals surface area (Å²) in [5.41, 5.74) is 10.3. The molecule has 1 N–H and O–H groups in total. The Labute approximate surface area is 315 Å². The molecule has 9 nitrogen and oxygen atoms in total. The van der Waals surface area contributed by atoms with Crippen LogP contribution in [-0.2, 0) is 30.3 Å². The Kier molecular flexibility index (Phi) is 18.2. The van der Waals surface area contributed by atoms with Gasteiger partial charge in [-0.2, -0.15) is 0 Å². The summed E-state index contributed by atoms with van der Waals surface area (Å²) in [4.78, 5) is 3.22. The van der Waals surface area contributed by atoms with Gasteiger partial charge in [0.15, 0.2) is 5.79 Å². The average molecular weight is 728 g/mol. The third kappa shape index (κ3) is 13.2. The van der Waals surface area contributed by atoms with Gasteiger partial charge in [-0.1, -0.05) is 140 Å². The normalized spacial score (nSPS) is 27.5. The maximum atomic E-state index is 11.6. The van der Waals surface area contributed by atoms with E-state index in [1.54, 1.807) is 0 Å². The molecule has 52 heavy (non-hydrogen) atoms. The molecule has 1 saturated heterocycles. The molecule has 9 heteroatoms. The van der Waals surface area contributed by atoms with E-state index in [4.69, 9.17) is 23.7 Å². The van der Waals surface area contributed by atoms with Gasteiger partial charge < -0.3 is 28.8 Å². The number of ether oxygens (including phenoxy) is 5. The number of hydrogen-bond donors (Lipinski definition) is 1. The van der Waals surface area contributed by atoms with Crippen LogP contribution in [0.1, 0.15) is 163 Å². The molecule has 0 radical (unpaired) electrons. The largest absolute Gasteiger partial charge is 0.390 e. The molecule has 3 aliphatic rings. The van der Waals surface area contributed by atoms with Gasteiger partial charge >= 0.3 is 0 Å². The first-order valence-electron chi connectivity index (χ1n) is 21.1. The minimum Gasteiger partial charge on any atom is -0.390 e. The van der Waals surface area contributed by atoms with Gasteiger partial charge in [0.25, 0.3) is 0 Å². The number of fused-ring (bicyclic) bond motifs is 1. The van der Waals surface area contributed by atoms with E-state index in [1.807, 2.05) is 39.0 Å². The molecular formula is C43H73N3O6. The van der Waals surface area contributed by atoms with Crippen LogP contribution in [0.25, 0.3) is 10.4 Å². The SMILES string of the molecule is CCCCCCCCCCCCCC[C@@H](O)[C@@H](OC(C)(C)C)[C@H](CO[C@H]1C(OCc2ccccc2)C2OC3(CCCCC3)O[C@@H]2[C@H](C)C1C)N=[N+]=[N-]. The van der Waals surface area contributed by atoms with Gasteiger partial charge in [-0.3, -0.25) is 0 Å². The van der Waals surface area contributed by atoms with Gasteiger partial charge in [0.1, 0.15) is 12.2 Å². The lowest BCUT2D eigenvalue weighted by Crippen LogP contribution is -2.58. The Balaban J connectivity index is 1.39. The first kappa shape index (κ1) is 43.0. The predicted molar refractivity (Wildman–Crippen MR) is 208 cm³/mol. The highest BCUT2D eigenvalue weighted by molar-refractivity contribution is 5.14. The summed E-state index contributed by atoms with van der Waals surface area (Å²) >= 11 is 0. The zero-order chi connectivity index (χ0) is 37.4. The third-order valence-electron chi connectivity index (χ3n) is 11.7. The van der Waals surface area contributed by atoms with E-state index in [0.717, 1.165) is 44.1 Å². The quantitative estimate of drug-likeness (QED) is 0.0519. The van der Waals surface area contributed by atoms with Gasteiger partial charge in [0.05, 0.1) is 49.3 Å². The van der Waals surface area contributed by atoms with E-state index in [2.05, 4.69) is 42.9 Å². The molecule has 1 aromatic rings. The van der Waals surface area contributed by atoms with Crippen molar-refractivity contribution in [1.82, 2.24) is 0 Å². The maximum absolute atomic E-state index is 11.6. The van der Waals surface area contributed by atoms with Crippen molar-refractivity contribution >= 4 is 0 Å². The van der Waals surface area contributed by atoms with E-state index in [0.29, 0.717) is 13.0 Å². The molecular weight excluding hydrogens is 654 g/mol. The lowest BCUT2D eigenvalue weighted by atomic mass is 9.74. The smallest absolute Gasteiger partial charge is 0.169 e. The molecule has 3 unspecified atom stereocenters. The topological polar surface area (TPSA) is 115 Å². The van der Waals surface area contributed by atoms with Gasteiger partial charge in [0, 0.05) is 17.8 Å². The fourth-order valence-electron chi connectivity index (χ4n) is 8.58. The Bertz CT molecular complexity index is 1170. The van der Waals surface area contributed by atoms with Crippen molar-refractivity contribution in [2.24, 2.45) is 17.0 Å². The summed E-state index contributed by atoms with van der Waals surface area (Å²) < 4.78 is 33.7. The highest BCUT2D eigenvalue weighted by Crippen LogP contribution is 2.49. The second-order valence-electron chi connectivity index (χ2n) is 17.1. The van der Waals surface area contributed by atoms with Crippen molar-refractivity contribution in [3.63, 3.8) is 0 Å². The van der Waals surface area contributed by atoms with Crippen LogP contribution in [0.5, 0.6) is 0 Å². The summed E-state index contributed by atoms with van der Waals surface area (Å²) in [7, 11) is 0. The lowest BCUT2D eigenvalue weighted by molar-refractivity contribution is -0.213. The van der Waals surface area contributed by atoms with Crippen LogP contribution in [0.3, 0.4) is 0 Å². The van der Waals surface area contributed by atoms with Crippen molar-refractivity contribution in [2.45, 2.75) is 218 Å². The first-order valence-corrected chi connectivity index (χ1v) is 21.1. The second-order valence-corrected chi connectivity index (χ2v) is 17.1. The van der Waals surface area contributed by atoms with Crippen LogP contribution in [0.4, 0.5) is 0 Å². The van der Waals surface area contributed by atoms with E-state index in [1.165, 1.54) is 70.6 Å². The van der Waals surface area contributed by atoms with Crippen LogP contribution in [-0.4, -0.2) is 65.8 Å². The molecule has 4 rings (SSSR count). The van der Waals surface area contributed by atoms with E-state index in [-0.39, 0.29) is 42.9 Å². The molecule has 1 spiro atoms. The monoisotopic (exact) mass is 728 g/mol. The predicted octanol–water partition coefficient (Wildman–Crippen LogP) is 11.0. The highest BCUT2D eigenvalue weighted by atomic mass is 16.8. The number of azide groups is 1. The Morgan fingerprint density at radius 2 is 1.42 bits per heavy atom. The molecule has 0 bridgehead atoms. The fourth-order valence-corrected chi connectivity index (χ4v) is 8.58. The van der Waals surface area contributed by atoms with Gasteiger partial charge in [-0.25, -0.2) is 0 Å². The highest BCUT2D eigenvalue weighted by Gasteiger charge is 2.59. The zero-order valence-corrected chi connectivity index (χ0v) is 33.6. The molecule has 1 heterocycles. The molecule has 296 valence electrons. The van der Waals surface area contributed by atoms with E-state index in [9.17, 15) is 10.6 Å². The maximum Gasteiger partial charge on any atom is 0.169 e. The van der Waals surface area contributed by atoms with Crippen molar-refractivity contribution in [3.8, 4) is 0 Å². The van der Waals surface area contributed by atoms with Crippen LogP contribution >= 0.6 is 0 Å². The van der Waals surface area contributed by atoms with Crippen molar-refractivity contribution in [1.29, 1.82) is 0 Å². The minimum absolute atomic E-state index is 0.0870. The van der Waals surface area contributed by atoms with Crippen molar-refractivity contribution in [3.05, 3.63) is 46.3 Å². The van der Waals surface area contributed by atoms with Gasteiger partial charge in [-0.15, -0.1) is 0 Å². The summed E-state index contributed by atoms with van der Waals surface area (Å²) in [5.74, 6) is -0.296. The van der Waals surface area contributed by atoms with Crippen LogP contribution in [0, 0.1) is 11.8 Å². The van der Waals surface area contributed by atoms with Gasteiger partial charge in [-0.05, 0) is 63.0 Å². The number of hydrogen-bond acceptors (Lipinski definition) is 7. The van der Waals surface area contributed by atoms with E-state index < -0.39 is 29.6 Å². The molecule has 2 saturated carbocycles. The summed E-state index contributed by atoms with van der Waals surface area (Å²) in [5, 5.41) is 15.8. The summed E-state index contributed by atoms with van der Waals surface area (Å²) in [6.45, 7) is 13.2. The lowest BCUT2D eigenvalue weighted by Gasteiger charge is -2.45.